The van der Waals surface area contributed by atoms with Gasteiger partial charge in [0.2, 0.25) is 0 Å². The zero-order valence-corrected chi connectivity index (χ0v) is 36.9. The fourth-order valence-electron chi connectivity index (χ4n) is 6.63. The Kier molecular flexibility index (Phi) is 19.5. The number of hydrogen-bond donors (Lipinski definition) is 2. The summed E-state index contributed by atoms with van der Waals surface area (Å²) >= 11 is -0.826. The van der Waals surface area contributed by atoms with Crippen molar-refractivity contribution in [2.45, 2.75) is 91.9 Å². The molecule has 0 aliphatic carbocycles. The number of hydrogen-bond acceptors (Lipinski definition) is 2. The number of rotatable bonds is 12. The third-order valence-electron chi connectivity index (χ3n) is 9.96. The molecule has 0 saturated carbocycles. The van der Waals surface area contributed by atoms with E-state index in [1.54, 1.807) is 0 Å². The summed E-state index contributed by atoms with van der Waals surface area (Å²) < 4.78 is 0. The molecule has 2 unspecified atom stereocenters. The van der Waals surface area contributed by atoms with Gasteiger partial charge < -0.3 is 10.5 Å². The van der Waals surface area contributed by atoms with Crippen molar-refractivity contribution in [3.05, 3.63) is 131 Å². The van der Waals surface area contributed by atoms with Gasteiger partial charge in [-0.15, -0.1) is 69.1 Å². The maximum atomic E-state index is 9.38. The van der Waals surface area contributed by atoms with Gasteiger partial charge in [-0.3, -0.25) is 9.59 Å². The van der Waals surface area contributed by atoms with Crippen molar-refractivity contribution in [3.63, 3.8) is 0 Å². The average Bonchev–Trinajstić information content (AvgIpc) is 3.84. The number of benzene rings is 4. The first-order valence-corrected chi connectivity index (χ1v) is 25.1. The Labute approximate surface area is 343 Å². The number of nitrogens with one attached hydrogen (secondary N) is 2. The van der Waals surface area contributed by atoms with Crippen LogP contribution in [0.25, 0.3) is 43.8 Å². The van der Waals surface area contributed by atoms with Crippen molar-refractivity contribution >= 4 is 58.9 Å². The van der Waals surface area contributed by atoms with Gasteiger partial charge >= 0.3 is 45.4 Å². The summed E-state index contributed by atoms with van der Waals surface area (Å²) in [5.41, 5.74) is 11.3. The van der Waals surface area contributed by atoms with Gasteiger partial charge in [0.1, 0.15) is 0 Å². The Balaban J connectivity index is 0.000000233. The molecule has 0 spiro atoms. The number of halogens is 2. The molecular formula is C46H54BCl2N2O2Zr. The molecule has 54 heavy (non-hydrogen) atoms. The molecule has 2 N–H and O–H groups in total. The monoisotopic (exact) mass is 837 g/mol. The second-order valence-corrected chi connectivity index (χ2v) is 17.8. The second kappa shape index (κ2) is 23.5. The predicted octanol–water partition coefficient (Wildman–Crippen LogP) is 13.1. The van der Waals surface area contributed by atoms with Gasteiger partial charge in [0.25, 0.3) is 0 Å². The van der Waals surface area contributed by atoms with E-state index in [4.69, 9.17) is 17.0 Å². The van der Waals surface area contributed by atoms with Crippen LogP contribution in [-0.2, 0) is 30.4 Å². The molecule has 0 aliphatic rings. The average molecular weight is 840 g/mol. The SMILES string of the molecule is CCC(C)c1cc2c(-c3ccccc3C(C)C)cccc2[cH-]1.CCC(C)c1cc2c(-c3ccccc3C(C)C)cccc2[cH-]1.O=CN[B]NC=O.[Cl][Zr+2][Cl]. The molecular weight excluding hydrogens is 785 g/mol. The molecule has 0 heterocycles. The number of amides is 2. The van der Waals surface area contributed by atoms with Crippen LogP contribution in [0.15, 0.2) is 109 Å². The number of fused-ring (bicyclic) bond motifs is 2. The van der Waals surface area contributed by atoms with Crippen LogP contribution < -0.4 is 10.5 Å². The molecule has 0 aromatic heterocycles. The summed E-state index contributed by atoms with van der Waals surface area (Å²) in [5.74, 6) is 2.33. The molecule has 0 bridgehead atoms. The van der Waals surface area contributed by atoms with Gasteiger partial charge in [0.05, 0.1) is 0 Å². The molecule has 2 amide bonds. The van der Waals surface area contributed by atoms with Crippen LogP contribution in [0.3, 0.4) is 0 Å². The van der Waals surface area contributed by atoms with Gasteiger partial charge in [-0.25, -0.2) is 0 Å². The van der Waals surface area contributed by atoms with Crippen molar-refractivity contribution in [3.8, 4) is 22.3 Å². The summed E-state index contributed by atoms with van der Waals surface area (Å²) in [5, 5.41) is 9.73. The molecule has 2 atom stereocenters. The molecule has 4 nitrogen and oxygen atoms in total. The molecule has 281 valence electrons. The van der Waals surface area contributed by atoms with Crippen molar-refractivity contribution in [1.82, 2.24) is 10.5 Å². The first-order valence-electron chi connectivity index (χ1n) is 18.8. The van der Waals surface area contributed by atoms with Crippen molar-refractivity contribution in [1.29, 1.82) is 0 Å². The van der Waals surface area contributed by atoms with E-state index in [1.165, 1.54) is 78.9 Å². The van der Waals surface area contributed by atoms with E-state index in [1.807, 2.05) is 0 Å². The quantitative estimate of drug-likeness (QED) is 0.0558. The van der Waals surface area contributed by atoms with Crippen LogP contribution in [0.1, 0.15) is 114 Å². The van der Waals surface area contributed by atoms with Crippen LogP contribution in [0, 0.1) is 0 Å². The second-order valence-electron chi connectivity index (χ2n) is 14.1. The van der Waals surface area contributed by atoms with E-state index in [-0.39, 0.29) is 0 Å². The topological polar surface area (TPSA) is 58.2 Å². The van der Waals surface area contributed by atoms with Crippen LogP contribution in [-0.4, -0.2) is 20.4 Å². The van der Waals surface area contributed by atoms with E-state index < -0.39 is 20.8 Å². The van der Waals surface area contributed by atoms with Crippen LogP contribution in [0.4, 0.5) is 0 Å². The van der Waals surface area contributed by atoms with E-state index in [0.29, 0.717) is 36.5 Å². The molecule has 0 aliphatic heterocycles. The summed E-state index contributed by atoms with van der Waals surface area (Å²) in [6, 6.07) is 40.6. The zero-order valence-electron chi connectivity index (χ0n) is 32.9. The summed E-state index contributed by atoms with van der Waals surface area (Å²) in [4.78, 5) is 18.8. The summed E-state index contributed by atoms with van der Waals surface area (Å²) in [6.07, 6.45) is 3.29. The van der Waals surface area contributed by atoms with Gasteiger partial charge in [0.15, 0.2) is 12.8 Å². The van der Waals surface area contributed by atoms with Crippen LogP contribution in [0.2, 0.25) is 0 Å². The van der Waals surface area contributed by atoms with Crippen molar-refractivity contribution < 1.29 is 30.4 Å². The maximum absolute atomic E-state index is 9.38. The molecule has 0 saturated heterocycles. The fraction of sp³-hybridized carbons (Fsp3) is 0.304. The zero-order chi connectivity index (χ0) is 39.6. The Morgan fingerprint density at radius 3 is 1.28 bits per heavy atom. The van der Waals surface area contributed by atoms with Crippen molar-refractivity contribution in [2.75, 3.05) is 0 Å². The number of carbonyl (C=O) groups is 2. The van der Waals surface area contributed by atoms with E-state index in [2.05, 4.69) is 175 Å². The summed E-state index contributed by atoms with van der Waals surface area (Å²) in [7, 11) is 11.0. The normalized spacial score (nSPS) is 11.6. The van der Waals surface area contributed by atoms with Crippen molar-refractivity contribution in [2.24, 2.45) is 0 Å². The van der Waals surface area contributed by atoms with E-state index >= 15 is 0 Å². The molecule has 8 heteroatoms. The van der Waals surface area contributed by atoms with Gasteiger partial charge in [-0.1, -0.05) is 140 Å². The molecule has 6 rings (SSSR count). The number of carbonyl (C=O) groups excluding carboxylic acids is 2. The first-order chi connectivity index (χ1) is 26.1. The van der Waals surface area contributed by atoms with Crippen LogP contribution >= 0.6 is 17.0 Å². The molecule has 0 fully saturated rings. The first kappa shape index (κ1) is 45.0. The minimum atomic E-state index is -0.826. The standard InChI is InChI=1S/2C22H25.C2H4BN2O2.2ClH.Zr/c2*1-5-16(4)18-13-17-9-8-12-21(22(17)14-18)20-11-7-6-10-19(20)15(2)3;6-1-4-3-5-2-7;;;/h2*6-16H,5H2,1-4H3;1-2H,(H,4,6)(H,5,7);2*1H;/q2*-1;;;;+4/p-2. The van der Waals surface area contributed by atoms with Gasteiger partial charge in [-0.05, 0) is 45.9 Å². The third-order valence-corrected chi connectivity index (χ3v) is 9.96. The molecule has 1 radical (unpaired) electrons. The minimum absolute atomic E-state index is 0.455. The van der Waals surface area contributed by atoms with E-state index in [0.717, 1.165) is 7.55 Å². The Bertz CT molecular complexity index is 1890. The third kappa shape index (κ3) is 12.3. The Hall–Kier alpha value is -3.43. The predicted molar refractivity (Wildman–Crippen MR) is 231 cm³/mol. The van der Waals surface area contributed by atoms with E-state index in [9.17, 15) is 9.59 Å². The Morgan fingerprint density at radius 2 is 0.944 bits per heavy atom. The van der Waals surface area contributed by atoms with Gasteiger partial charge in [-0.2, -0.15) is 12.1 Å². The molecule has 6 aromatic carbocycles. The fourth-order valence-corrected chi connectivity index (χ4v) is 6.63. The molecule has 6 aromatic rings. The van der Waals surface area contributed by atoms with Crippen LogP contribution in [0.5, 0.6) is 0 Å². The van der Waals surface area contributed by atoms with Gasteiger partial charge in [0, 0.05) is 0 Å². The Morgan fingerprint density at radius 1 is 0.593 bits per heavy atom. The summed E-state index contributed by atoms with van der Waals surface area (Å²) in [6.45, 7) is 18.2.